The first-order valence-corrected chi connectivity index (χ1v) is 9.47. The molecule has 4 rings (SSSR count). The van der Waals surface area contributed by atoms with Crippen molar-refractivity contribution in [2.24, 2.45) is 0 Å². The number of aliphatic hydroxyl groups is 1. The predicted molar refractivity (Wildman–Crippen MR) is 103 cm³/mol. The van der Waals surface area contributed by atoms with Crippen LogP contribution in [-0.2, 0) is 12.1 Å². The summed E-state index contributed by atoms with van der Waals surface area (Å²) in [6.07, 6.45) is 8.80. The molecule has 0 radical (unpaired) electrons. The molecule has 2 saturated heterocycles. The maximum atomic E-state index is 13.3. The van der Waals surface area contributed by atoms with Crippen LogP contribution in [-0.4, -0.2) is 28.7 Å². The highest BCUT2D eigenvalue weighted by atomic mass is 19.1. The number of rotatable bonds is 5. The van der Waals surface area contributed by atoms with E-state index in [1.165, 1.54) is 12.1 Å². The molecular formula is C23H24FNO2. The zero-order valence-corrected chi connectivity index (χ0v) is 15.3. The van der Waals surface area contributed by atoms with Crippen molar-refractivity contribution in [2.75, 3.05) is 6.61 Å². The van der Waals surface area contributed by atoms with E-state index in [2.05, 4.69) is 16.9 Å². The van der Waals surface area contributed by atoms with Gasteiger partial charge in [0.15, 0.2) is 0 Å². The van der Waals surface area contributed by atoms with E-state index in [9.17, 15) is 9.50 Å². The van der Waals surface area contributed by atoms with Crippen molar-refractivity contribution in [3.8, 4) is 18.1 Å². The summed E-state index contributed by atoms with van der Waals surface area (Å²) in [5.74, 6) is 3.07. The third-order valence-corrected chi connectivity index (χ3v) is 5.94. The van der Waals surface area contributed by atoms with Gasteiger partial charge in [-0.15, -0.1) is 6.42 Å². The first kappa shape index (κ1) is 18.0. The number of terminal acetylenes is 1. The summed E-state index contributed by atoms with van der Waals surface area (Å²) in [4.78, 5) is 2.48. The maximum absolute atomic E-state index is 13.3. The molecular weight excluding hydrogens is 341 g/mol. The quantitative estimate of drug-likeness (QED) is 0.817. The highest BCUT2D eigenvalue weighted by Gasteiger charge is 2.48. The van der Waals surface area contributed by atoms with E-state index in [0.29, 0.717) is 24.9 Å². The Kier molecular flexibility index (Phi) is 4.90. The van der Waals surface area contributed by atoms with Crippen molar-refractivity contribution in [3.63, 3.8) is 0 Å². The Morgan fingerprint density at radius 2 is 1.78 bits per heavy atom. The van der Waals surface area contributed by atoms with E-state index in [1.54, 1.807) is 12.1 Å². The molecule has 0 amide bonds. The summed E-state index contributed by atoms with van der Waals surface area (Å²) in [7, 11) is 0. The Bertz CT molecular complexity index is 828. The Morgan fingerprint density at radius 1 is 1.11 bits per heavy atom. The molecule has 0 saturated carbocycles. The molecule has 1 N–H and O–H groups in total. The summed E-state index contributed by atoms with van der Waals surface area (Å²) in [5, 5.41) is 11.3. The molecule has 2 unspecified atom stereocenters. The second kappa shape index (κ2) is 7.34. The smallest absolute Gasteiger partial charge is 0.148 e. The van der Waals surface area contributed by atoms with Crippen LogP contribution in [0.15, 0.2) is 48.5 Å². The van der Waals surface area contributed by atoms with Gasteiger partial charge in [0.1, 0.15) is 18.2 Å². The molecule has 2 aromatic carbocycles. The van der Waals surface area contributed by atoms with Crippen molar-refractivity contribution >= 4 is 0 Å². The van der Waals surface area contributed by atoms with Crippen LogP contribution in [0.4, 0.5) is 4.39 Å². The summed E-state index contributed by atoms with van der Waals surface area (Å²) in [6, 6.07) is 14.9. The average Bonchev–Trinajstić information content (AvgIpc) is 2.91. The fourth-order valence-electron chi connectivity index (χ4n) is 4.66. The Balaban J connectivity index is 1.52. The van der Waals surface area contributed by atoms with Crippen LogP contribution in [0.1, 0.15) is 36.8 Å². The van der Waals surface area contributed by atoms with Gasteiger partial charge in [-0.1, -0.05) is 36.3 Å². The van der Waals surface area contributed by atoms with Crippen LogP contribution in [0.5, 0.6) is 5.75 Å². The van der Waals surface area contributed by atoms with Gasteiger partial charge in [-0.3, -0.25) is 4.90 Å². The van der Waals surface area contributed by atoms with E-state index in [-0.39, 0.29) is 12.4 Å². The van der Waals surface area contributed by atoms with Crippen molar-refractivity contribution in [2.45, 2.75) is 49.9 Å². The van der Waals surface area contributed by atoms with Crippen LogP contribution in [0.3, 0.4) is 0 Å². The molecule has 2 heterocycles. The van der Waals surface area contributed by atoms with Gasteiger partial charge in [0.05, 0.1) is 5.60 Å². The fraction of sp³-hybridized carbons (Fsp3) is 0.391. The molecule has 2 fully saturated rings. The first-order chi connectivity index (χ1) is 13.1. The molecule has 2 aliphatic rings. The third-order valence-electron chi connectivity index (χ3n) is 5.94. The molecule has 27 heavy (non-hydrogen) atoms. The van der Waals surface area contributed by atoms with Gasteiger partial charge in [-0.2, -0.15) is 0 Å². The zero-order chi connectivity index (χ0) is 18.9. The Labute approximate surface area is 159 Å². The lowest BCUT2D eigenvalue weighted by Crippen LogP contribution is -2.49. The Morgan fingerprint density at radius 3 is 2.44 bits per heavy atom. The second-order valence-corrected chi connectivity index (χ2v) is 7.60. The van der Waals surface area contributed by atoms with Gasteiger partial charge in [-0.05, 0) is 49.4 Å². The number of para-hydroxylation sites is 1. The molecule has 0 aromatic heterocycles. The van der Waals surface area contributed by atoms with Gasteiger partial charge in [0.25, 0.3) is 0 Å². The number of hydrogen-bond donors (Lipinski definition) is 1. The summed E-state index contributed by atoms with van der Waals surface area (Å²) in [6.45, 7) is 1.05. The number of hydrogen-bond acceptors (Lipinski definition) is 3. The van der Waals surface area contributed by atoms with Crippen LogP contribution in [0.25, 0.3) is 0 Å². The molecule has 0 spiro atoms. The SMILES string of the molecule is C#CCOc1ccccc1CN1C2CCC1CC(O)(c1ccc(F)cc1)C2. The lowest BCUT2D eigenvalue weighted by atomic mass is 9.80. The van der Waals surface area contributed by atoms with Crippen molar-refractivity contribution in [1.82, 2.24) is 4.90 Å². The largest absolute Gasteiger partial charge is 0.481 e. The van der Waals surface area contributed by atoms with Crippen molar-refractivity contribution in [1.29, 1.82) is 0 Å². The molecule has 3 nitrogen and oxygen atoms in total. The minimum atomic E-state index is -0.879. The summed E-state index contributed by atoms with van der Waals surface area (Å²) < 4.78 is 19.0. The van der Waals surface area contributed by atoms with E-state index in [4.69, 9.17) is 11.2 Å². The molecule has 2 aromatic rings. The monoisotopic (exact) mass is 365 g/mol. The number of piperidine rings is 1. The Hall–Kier alpha value is -2.35. The fourth-order valence-corrected chi connectivity index (χ4v) is 4.66. The first-order valence-electron chi connectivity index (χ1n) is 9.47. The number of halogens is 1. The topological polar surface area (TPSA) is 32.7 Å². The maximum Gasteiger partial charge on any atom is 0.148 e. The zero-order valence-electron chi connectivity index (χ0n) is 15.3. The number of benzene rings is 2. The number of nitrogens with zero attached hydrogens (tertiary/aromatic N) is 1. The van der Waals surface area contributed by atoms with Gasteiger partial charge < -0.3 is 9.84 Å². The predicted octanol–water partition coefficient (Wildman–Crippen LogP) is 3.85. The lowest BCUT2D eigenvalue weighted by molar-refractivity contribution is -0.0596. The van der Waals surface area contributed by atoms with Gasteiger partial charge in [0, 0.05) is 24.2 Å². The highest BCUT2D eigenvalue weighted by molar-refractivity contribution is 5.34. The summed E-state index contributed by atoms with van der Waals surface area (Å²) >= 11 is 0. The van der Waals surface area contributed by atoms with Crippen molar-refractivity contribution < 1.29 is 14.2 Å². The molecule has 140 valence electrons. The van der Waals surface area contributed by atoms with Gasteiger partial charge in [-0.25, -0.2) is 4.39 Å². The van der Waals surface area contributed by atoms with Crippen molar-refractivity contribution in [3.05, 3.63) is 65.5 Å². The van der Waals surface area contributed by atoms with E-state index in [0.717, 1.165) is 36.3 Å². The molecule has 0 aliphatic carbocycles. The van der Waals surface area contributed by atoms with Crippen LogP contribution in [0, 0.1) is 18.2 Å². The number of fused-ring (bicyclic) bond motifs is 2. The normalized spacial score (nSPS) is 27.3. The van der Waals surface area contributed by atoms with Gasteiger partial charge >= 0.3 is 0 Å². The highest BCUT2D eigenvalue weighted by Crippen LogP contribution is 2.46. The summed E-state index contributed by atoms with van der Waals surface area (Å²) in [5.41, 5.74) is 1.06. The van der Waals surface area contributed by atoms with Crippen LogP contribution in [0.2, 0.25) is 0 Å². The lowest BCUT2D eigenvalue weighted by Gasteiger charge is -2.44. The minimum Gasteiger partial charge on any atom is -0.481 e. The molecule has 2 aliphatic heterocycles. The van der Waals surface area contributed by atoms with Crippen LogP contribution < -0.4 is 4.74 Å². The van der Waals surface area contributed by atoms with Gasteiger partial charge in [0.2, 0.25) is 0 Å². The molecule has 4 heteroatoms. The molecule has 2 atom stereocenters. The standard InChI is InChI=1S/C23H24FNO2/c1-2-13-27-22-6-4-3-5-17(22)16-25-20-11-12-21(25)15-23(26,14-20)18-7-9-19(24)10-8-18/h1,3-10,20-21,26H,11-16H2. The minimum absolute atomic E-state index is 0.258. The second-order valence-electron chi connectivity index (χ2n) is 7.60. The third kappa shape index (κ3) is 3.58. The van der Waals surface area contributed by atoms with Crippen LogP contribution >= 0.6 is 0 Å². The van der Waals surface area contributed by atoms with E-state index in [1.807, 2.05) is 18.2 Å². The van der Waals surface area contributed by atoms with E-state index >= 15 is 0 Å². The average molecular weight is 365 g/mol. The van der Waals surface area contributed by atoms with E-state index < -0.39 is 5.60 Å². The molecule has 2 bridgehead atoms. The number of ether oxygens (including phenoxy) is 1.